The highest BCUT2D eigenvalue weighted by Crippen LogP contribution is 2.32. The summed E-state index contributed by atoms with van der Waals surface area (Å²) >= 11 is 0. The van der Waals surface area contributed by atoms with Crippen molar-refractivity contribution in [3.8, 4) is 5.75 Å². The Hall–Kier alpha value is -3.12. The number of carbonyl (C=O) groups is 2. The van der Waals surface area contributed by atoms with Crippen LogP contribution in [-0.2, 0) is 16.1 Å². The molecule has 0 saturated carbocycles. The van der Waals surface area contributed by atoms with Crippen LogP contribution in [0.2, 0.25) is 0 Å². The van der Waals surface area contributed by atoms with E-state index in [0.29, 0.717) is 36.9 Å². The Balaban J connectivity index is 1.51. The smallest absolute Gasteiger partial charge is 0.277 e. The number of nitrogens with zero attached hydrogens (tertiary/aromatic N) is 3. The molecule has 0 aromatic heterocycles. The van der Waals surface area contributed by atoms with E-state index in [9.17, 15) is 9.59 Å². The molecule has 32 heavy (non-hydrogen) atoms. The van der Waals surface area contributed by atoms with Gasteiger partial charge in [0, 0.05) is 39.8 Å². The molecule has 1 fully saturated rings. The van der Waals surface area contributed by atoms with Crippen molar-refractivity contribution in [2.24, 2.45) is 5.92 Å². The maximum absolute atomic E-state index is 13.0. The van der Waals surface area contributed by atoms with Crippen LogP contribution in [0.15, 0.2) is 60.3 Å². The number of benzene rings is 2. The van der Waals surface area contributed by atoms with Gasteiger partial charge in [-0.15, -0.1) is 0 Å². The third kappa shape index (κ3) is 4.70. The maximum atomic E-state index is 13.0. The van der Waals surface area contributed by atoms with E-state index in [-0.39, 0.29) is 11.8 Å². The quantitative estimate of drug-likeness (QED) is 0.628. The van der Waals surface area contributed by atoms with Crippen LogP contribution in [0.3, 0.4) is 0 Å². The van der Waals surface area contributed by atoms with E-state index in [0.717, 1.165) is 30.9 Å². The lowest BCUT2D eigenvalue weighted by Crippen LogP contribution is -2.46. The Morgan fingerprint density at radius 2 is 1.53 bits per heavy atom. The van der Waals surface area contributed by atoms with Crippen molar-refractivity contribution in [1.29, 1.82) is 0 Å². The molecule has 2 aromatic rings. The summed E-state index contributed by atoms with van der Waals surface area (Å²) in [6.45, 7) is 8.86. The summed E-state index contributed by atoms with van der Waals surface area (Å²) in [5, 5.41) is 0. The largest absolute Gasteiger partial charge is 0.493 e. The zero-order valence-corrected chi connectivity index (χ0v) is 19.1. The van der Waals surface area contributed by atoms with Crippen LogP contribution in [0.1, 0.15) is 25.0 Å². The number of amides is 2. The van der Waals surface area contributed by atoms with Gasteiger partial charge in [0.25, 0.3) is 11.8 Å². The van der Waals surface area contributed by atoms with Crippen molar-refractivity contribution in [2.45, 2.75) is 20.4 Å². The summed E-state index contributed by atoms with van der Waals surface area (Å²) in [5.41, 5.74) is 3.05. The molecule has 2 aliphatic heterocycles. The lowest BCUT2D eigenvalue weighted by Gasteiger charge is -2.36. The number of likely N-dealkylation sites (N-methyl/N-ethyl adjacent to an activating group) is 1. The Kier molecular flexibility index (Phi) is 6.61. The van der Waals surface area contributed by atoms with Crippen LogP contribution in [0.4, 0.5) is 0 Å². The Morgan fingerprint density at radius 1 is 0.875 bits per heavy atom. The molecule has 6 heteroatoms. The molecule has 1 saturated heterocycles. The van der Waals surface area contributed by atoms with Crippen LogP contribution >= 0.6 is 0 Å². The maximum Gasteiger partial charge on any atom is 0.277 e. The number of hydrogen-bond donors (Lipinski definition) is 0. The van der Waals surface area contributed by atoms with Crippen LogP contribution < -0.4 is 4.74 Å². The predicted molar refractivity (Wildman–Crippen MR) is 125 cm³/mol. The van der Waals surface area contributed by atoms with E-state index in [4.69, 9.17) is 4.74 Å². The number of carbonyl (C=O) groups excluding carboxylic acids is 2. The van der Waals surface area contributed by atoms with Gasteiger partial charge >= 0.3 is 0 Å². The molecule has 2 amide bonds. The molecule has 0 N–H and O–H groups in total. The van der Waals surface area contributed by atoms with E-state index in [1.807, 2.05) is 30.3 Å². The number of piperazine rings is 1. The molecule has 4 rings (SSSR count). The number of ether oxygens (including phenoxy) is 1. The second-order valence-corrected chi connectivity index (χ2v) is 8.87. The summed E-state index contributed by atoms with van der Waals surface area (Å²) in [6.07, 6.45) is 0. The Labute approximate surface area is 190 Å². The van der Waals surface area contributed by atoms with E-state index in [1.165, 1.54) is 10.5 Å². The highest BCUT2D eigenvalue weighted by Gasteiger charge is 2.40. The molecule has 0 aliphatic carbocycles. The van der Waals surface area contributed by atoms with Crippen molar-refractivity contribution in [3.05, 3.63) is 71.4 Å². The van der Waals surface area contributed by atoms with E-state index >= 15 is 0 Å². The molecule has 0 spiro atoms. The SMILES string of the molecule is CC(C)COc1ccc(C2=C(N3CCN(Cc4ccccc4)CC3)C(=O)N(C)C2=O)cc1. The fourth-order valence-corrected chi connectivity index (χ4v) is 4.13. The summed E-state index contributed by atoms with van der Waals surface area (Å²) < 4.78 is 5.76. The van der Waals surface area contributed by atoms with Crippen LogP contribution in [0.5, 0.6) is 5.75 Å². The first-order valence-corrected chi connectivity index (χ1v) is 11.2. The molecule has 0 atom stereocenters. The van der Waals surface area contributed by atoms with E-state index in [2.05, 4.69) is 47.9 Å². The Morgan fingerprint density at radius 3 is 2.16 bits per heavy atom. The summed E-state index contributed by atoms with van der Waals surface area (Å²) in [4.78, 5) is 31.6. The fourth-order valence-electron chi connectivity index (χ4n) is 4.13. The van der Waals surface area contributed by atoms with Crippen molar-refractivity contribution in [1.82, 2.24) is 14.7 Å². The number of hydrogen-bond acceptors (Lipinski definition) is 5. The van der Waals surface area contributed by atoms with Gasteiger partial charge in [-0.05, 0) is 29.2 Å². The highest BCUT2D eigenvalue weighted by molar-refractivity contribution is 6.35. The lowest BCUT2D eigenvalue weighted by molar-refractivity contribution is -0.136. The molecule has 0 bridgehead atoms. The van der Waals surface area contributed by atoms with Crippen molar-refractivity contribution < 1.29 is 14.3 Å². The van der Waals surface area contributed by atoms with Crippen LogP contribution in [0, 0.1) is 5.92 Å². The lowest BCUT2D eigenvalue weighted by atomic mass is 10.0. The average Bonchev–Trinajstić information content (AvgIpc) is 3.03. The third-order valence-corrected chi connectivity index (χ3v) is 5.93. The second kappa shape index (κ2) is 9.57. The Bertz CT molecular complexity index is 991. The molecule has 2 heterocycles. The minimum Gasteiger partial charge on any atom is -0.493 e. The molecule has 0 unspecified atom stereocenters. The standard InChI is InChI=1S/C26H31N3O3/c1-19(2)18-32-22-11-9-21(10-12-22)23-24(26(31)27(3)25(23)30)29-15-13-28(14-16-29)17-20-7-5-4-6-8-20/h4-12,19H,13-18H2,1-3H3. The van der Waals surface area contributed by atoms with Crippen LogP contribution in [0.25, 0.3) is 5.57 Å². The van der Waals surface area contributed by atoms with E-state index < -0.39 is 0 Å². The van der Waals surface area contributed by atoms with E-state index in [1.54, 1.807) is 7.05 Å². The molecule has 168 valence electrons. The average molecular weight is 434 g/mol. The molecule has 6 nitrogen and oxygen atoms in total. The monoisotopic (exact) mass is 433 g/mol. The first-order valence-electron chi connectivity index (χ1n) is 11.2. The normalized spacial score (nSPS) is 17.6. The molecule has 2 aliphatic rings. The zero-order chi connectivity index (χ0) is 22.7. The third-order valence-electron chi connectivity index (χ3n) is 5.93. The van der Waals surface area contributed by atoms with Crippen molar-refractivity contribution >= 4 is 17.4 Å². The highest BCUT2D eigenvalue weighted by atomic mass is 16.5. The zero-order valence-electron chi connectivity index (χ0n) is 19.1. The summed E-state index contributed by atoms with van der Waals surface area (Å²) in [5.74, 6) is 0.741. The van der Waals surface area contributed by atoms with Gasteiger partial charge in [0.1, 0.15) is 11.4 Å². The summed E-state index contributed by atoms with van der Waals surface area (Å²) in [6, 6.07) is 17.9. The van der Waals surface area contributed by atoms with Crippen LogP contribution in [-0.4, -0.2) is 66.3 Å². The fraction of sp³-hybridized carbons (Fsp3) is 0.385. The number of rotatable bonds is 7. The molecule has 0 radical (unpaired) electrons. The molecular weight excluding hydrogens is 402 g/mol. The van der Waals surface area contributed by atoms with Crippen molar-refractivity contribution in [3.63, 3.8) is 0 Å². The number of imide groups is 1. The topological polar surface area (TPSA) is 53.1 Å². The minimum absolute atomic E-state index is 0.221. The predicted octanol–water partition coefficient (Wildman–Crippen LogP) is 3.25. The van der Waals surface area contributed by atoms with Gasteiger partial charge in [0.05, 0.1) is 12.2 Å². The summed E-state index contributed by atoms with van der Waals surface area (Å²) in [7, 11) is 1.56. The van der Waals surface area contributed by atoms with Gasteiger partial charge in [-0.3, -0.25) is 19.4 Å². The van der Waals surface area contributed by atoms with Gasteiger partial charge in [-0.1, -0.05) is 56.3 Å². The molecule has 2 aromatic carbocycles. The second-order valence-electron chi connectivity index (χ2n) is 8.87. The van der Waals surface area contributed by atoms with Gasteiger partial charge in [0.2, 0.25) is 0 Å². The van der Waals surface area contributed by atoms with Gasteiger partial charge < -0.3 is 9.64 Å². The first kappa shape index (κ1) is 22.1. The van der Waals surface area contributed by atoms with Gasteiger partial charge in [0.15, 0.2) is 0 Å². The molecular formula is C26H31N3O3. The van der Waals surface area contributed by atoms with Gasteiger partial charge in [-0.25, -0.2) is 0 Å². The van der Waals surface area contributed by atoms with Crippen molar-refractivity contribution in [2.75, 3.05) is 39.8 Å². The minimum atomic E-state index is -0.243. The van der Waals surface area contributed by atoms with Gasteiger partial charge in [-0.2, -0.15) is 0 Å². The first-order chi connectivity index (χ1) is 15.4.